The van der Waals surface area contributed by atoms with E-state index in [9.17, 15) is 4.79 Å². The number of amides is 2. The summed E-state index contributed by atoms with van der Waals surface area (Å²) in [6.45, 7) is 2.02. The van der Waals surface area contributed by atoms with Gasteiger partial charge in [-0.25, -0.2) is 4.79 Å². The number of benzene rings is 1. The van der Waals surface area contributed by atoms with Crippen molar-refractivity contribution in [2.45, 2.75) is 18.8 Å². The molecule has 2 heterocycles. The summed E-state index contributed by atoms with van der Waals surface area (Å²) in [7, 11) is 5.42. The van der Waals surface area contributed by atoms with Crippen LogP contribution in [0, 0.1) is 0 Å². The van der Waals surface area contributed by atoms with Crippen molar-refractivity contribution in [1.82, 2.24) is 10.2 Å². The van der Waals surface area contributed by atoms with Crippen LogP contribution < -0.4 is 10.1 Å². The van der Waals surface area contributed by atoms with E-state index in [1.165, 1.54) is 11.1 Å². The first-order valence-electron chi connectivity index (χ1n) is 6.30. The molecule has 3 rings (SSSR count). The van der Waals surface area contributed by atoms with Crippen LogP contribution >= 0.6 is 0 Å². The van der Waals surface area contributed by atoms with Crippen LogP contribution in [0.1, 0.15) is 17.2 Å². The number of nitrogens with zero attached hydrogens (tertiary/aromatic N) is 1. The van der Waals surface area contributed by atoms with Gasteiger partial charge in [0.1, 0.15) is 5.75 Å². The molecule has 92 valence electrons. The monoisotopic (exact) mass is 242 g/mol. The maximum atomic E-state index is 11.6. The molecule has 18 heavy (non-hydrogen) atoms. The Morgan fingerprint density at radius 1 is 1.50 bits per heavy atom. The van der Waals surface area contributed by atoms with Crippen molar-refractivity contribution in [3.05, 3.63) is 29.3 Å². The summed E-state index contributed by atoms with van der Waals surface area (Å²) in [4.78, 5) is 13.5. The Hall–Kier alpha value is -1.65. The number of urea groups is 1. The second-order valence-corrected chi connectivity index (χ2v) is 4.64. The second kappa shape index (κ2) is 4.56. The third kappa shape index (κ3) is 1.83. The van der Waals surface area contributed by atoms with E-state index >= 15 is 0 Å². The maximum absolute atomic E-state index is 11.6. The average molecular weight is 242 g/mol. The molecule has 4 nitrogen and oxygen atoms in total. The molecule has 0 aliphatic carbocycles. The Morgan fingerprint density at radius 3 is 3.22 bits per heavy atom. The van der Waals surface area contributed by atoms with Crippen molar-refractivity contribution in [2.75, 3.05) is 19.7 Å². The summed E-state index contributed by atoms with van der Waals surface area (Å²) in [6.07, 6.45) is 1.41. The van der Waals surface area contributed by atoms with Gasteiger partial charge in [0.15, 0.2) is 0 Å². The number of hydrogen-bond donors (Lipinski definition) is 1. The average Bonchev–Trinajstić information content (AvgIpc) is 2.78. The minimum Gasteiger partial charge on any atom is -0.494 e. The molecule has 2 aliphatic heterocycles. The third-order valence-electron chi connectivity index (χ3n) is 3.57. The summed E-state index contributed by atoms with van der Waals surface area (Å²) < 4.78 is 5.53. The lowest BCUT2D eigenvalue weighted by atomic mass is 9.93. The van der Waals surface area contributed by atoms with Crippen LogP contribution in [0.5, 0.6) is 5.75 Å². The van der Waals surface area contributed by atoms with E-state index in [0.29, 0.717) is 19.5 Å². The van der Waals surface area contributed by atoms with Gasteiger partial charge in [-0.3, -0.25) is 0 Å². The fourth-order valence-electron chi connectivity index (χ4n) is 2.70. The van der Waals surface area contributed by atoms with Crippen molar-refractivity contribution in [3.8, 4) is 5.75 Å². The van der Waals surface area contributed by atoms with Gasteiger partial charge in [0.05, 0.1) is 20.5 Å². The zero-order chi connectivity index (χ0) is 12.5. The Balaban J connectivity index is 1.86. The number of nitrogens with one attached hydrogen (secondary N) is 1. The van der Waals surface area contributed by atoms with Crippen LogP contribution in [-0.4, -0.2) is 38.5 Å². The van der Waals surface area contributed by atoms with Gasteiger partial charge in [-0.1, -0.05) is 12.4 Å². The molecule has 1 fully saturated rings. The summed E-state index contributed by atoms with van der Waals surface area (Å²) in [5.41, 5.74) is 2.52. The van der Waals surface area contributed by atoms with Gasteiger partial charge in [0.2, 0.25) is 0 Å². The van der Waals surface area contributed by atoms with E-state index in [-0.39, 0.29) is 12.1 Å². The van der Waals surface area contributed by atoms with Gasteiger partial charge in [-0.05, 0) is 29.7 Å². The maximum Gasteiger partial charge on any atom is 0.318 e. The van der Waals surface area contributed by atoms with E-state index in [1.807, 2.05) is 11.0 Å². The van der Waals surface area contributed by atoms with Gasteiger partial charge in [0.25, 0.3) is 0 Å². The van der Waals surface area contributed by atoms with Crippen molar-refractivity contribution in [3.63, 3.8) is 0 Å². The van der Waals surface area contributed by atoms with Gasteiger partial charge in [-0.15, -0.1) is 0 Å². The highest BCUT2D eigenvalue weighted by Crippen LogP contribution is 2.34. The number of hydrogen-bond acceptors (Lipinski definition) is 2. The SMILES string of the molecule is [B]CCOc1ccc2c(c1)CCN1C(=O)NCC21. The molecule has 0 saturated carbocycles. The lowest BCUT2D eigenvalue weighted by Gasteiger charge is -2.30. The van der Waals surface area contributed by atoms with Gasteiger partial charge in [-0.2, -0.15) is 0 Å². The van der Waals surface area contributed by atoms with Crippen LogP contribution in [0.25, 0.3) is 0 Å². The molecule has 2 amide bonds. The zero-order valence-corrected chi connectivity index (χ0v) is 10.2. The summed E-state index contributed by atoms with van der Waals surface area (Å²) in [6, 6.07) is 6.34. The quantitative estimate of drug-likeness (QED) is 0.811. The molecule has 1 unspecified atom stereocenters. The van der Waals surface area contributed by atoms with Crippen LogP contribution in [0.15, 0.2) is 18.2 Å². The molecule has 1 atom stereocenters. The van der Waals surface area contributed by atoms with Crippen molar-refractivity contribution in [1.29, 1.82) is 0 Å². The van der Waals surface area contributed by atoms with Crippen LogP contribution in [0.4, 0.5) is 4.79 Å². The lowest BCUT2D eigenvalue weighted by molar-refractivity contribution is 0.200. The third-order valence-corrected chi connectivity index (χ3v) is 3.57. The summed E-state index contributed by atoms with van der Waals surface area (Å²) >= 11 is 0. The van der Waals surface area contributed by atoms with E-state index in [2.05, 4.69) is 17.4 Å². The molecule has 1 N–H and O–H groups in total. The Bertz CT molecular complexity index is 478. The van der Waals surface area contributed by atoms with E-state index in [1.54, 1.807) is 0 Å². The standard InChI is InChI=1S/C13H15BN2O2/c14-4-6-18-10-1-2-11-9(7-10)3-5-16-12(11)8-15-13(16)17/h1-2,7,12H,3-6,8H2,(H,15,17). The molecule has 2 aliphatic rings. The van der Waals surface area contributed by atoms with Crippen LogP contribution in [0.2, 0.25) is 6.32 Å². The molecule has 0 aromatic heterocycles. The molecule has 0 bridgehead atoms. The summed E-state index contributed by atoms with van der Waals surface area (Å²) in [5, 5.41) is 2.89. The Labute approximate surface area is 108 Å². The van der Waals surface area contributed by atoms with Crippen molar-refractivity contribution >= 4 is 13.9 Å². The van der Waals surface area contributed by atoms with Gasteiger partial charge >= 0.3 is 6.03 Å². The minimum absolute atomic E-state index is 0.0501. The predicted octanol–water partition coefficient (Wildman–Crippen LogP) is 1.27. The first-order chi connectivity index (χ1) is 8.79. The van der Waals surface area contributed by atoms with E-state index < -0.39 is 0 Å². The highest BCUT2D eigenvalue weighted by Gasteiger charge is 2.35. The molecule has 1 aromatic rings. The Kier molecular flexibility index (Phi) is 2.90. The number of ether oxygens (including phenoxy) is 1. The van der Waals surface area contributed by atoms with Crippen LogP contribution in [0.3, 0.4) is 0 Å². The lowest BCUT2D eigenvalue weighted by Crippen LogP contribution is -2.35. The molecule has 2 radical (unpaired) electrons. The Morgan fingerprint density at radius 2 is 2.39 bits per heavy atom. The topological polar surface area (TPSA) is 41.6 Å². The molecule has 1 aromatic carbocycles. The molecule has 1 saturated heterocycles. The minimum atomic E-state index is 0.0501. The first-order valence-corrected chi connectivity index (χ1v) is 6.30. The van der Waals surface area contributed by atoms with E-state index in [0.717, 1.165) is 18.7 Å². The van der Waals surface area contributed by atoms with Crippen molar-refractivity contribution in [2.24, 2.45) is 0 Å². The number of carbonyl (C=O) groups excluding carboxylic acids is 1. The first kappa shape index (κ1) is 11.4. The van der Waals surface area contributed by atoms with Gasteiger partial charge < -0.3 is 15.0 Å². The number of carbonyl (C=O) groups is 1. The molecular formula is C13H15BN2O2. The number of rotatable bonds is 3. The fraction of sp³-hybridized carbons (Fsp3) is 0.462. The number of fused-ring (bicyclic) bond motifs is 3. The smallest absolute Gasteiger partial charge is 0.318 e. The fourth-order valence-corrected chi connectivity index (χ4v) is 2.70. The molecule has 0 spiro atoms. The van der Waals surface area contributed by atoms with Gasteiger partial charge in [0, 0.05) is 13.1 Å². The predicted molar refractivity (Wildman–Crippen MR) is 69.0 cm³/mol. The second-order valence-electron chi connectivity index (χ2n) is 4.64. The highest BCUT2D eigenvalue weighted by molar-refractivity contribution is 6.08. The highest BCUT2D eigenvalue weighted by atomic mass is 16.5. The zero-order valence-electron chi connectivity index (χ0n) is 10.2. The normalized spacial score (nSPS) is 21.2. The molecular weight excluding hydrogens is 227 g/mol. The van der Waals surface area contributed by atoms with E-state index in [4.69, 9.17) is 12.6 Å². The van der Waals surface area contributed by atoms with Crippen molar-refractivity contribution < 1.29 is 9.53 Å². The van der Waals surface area contributed by atoms with Crippen LogP contribution in [-0.2, 0) is 6.42 Å². The largest absolute Gasteiger partial charge is 0.494 e. The molecule has 5 heteroatoms. The summed E-state index contributed by atoms with van der Waals surface area (Å²) in [5.74, 6) is 0.866.